The molecule has 0 aliphatic carbocycles. The van der Waals surface area contributed by atoms with Gasteiger partial charge in [0, 0.05) is 0 Å². The number of quaternary nitrogens is 1. The van der Waals surface area contributed by atoms with Crippen LogP contribution in [0.4, 0.5) is 0 Å². The van der Waals surface area contributed by atoms with Crippen molar-refractivity contribution in [1.29, 1.82) is 0 Å². The first-order valence-electron chi connectivity index (χ1n) is 2.24. The molecule has 0 saturated heterocycles. The van der Waals surface area contributed by atoms with Crippen LogP contribution in [0.5, 0.6) is 0 Å². The normalized spacial score (nSPS) is 12.7. The molecule has 0 aromatic carbocycles. The molecule has 0 bridgehead atoms. The Balaban J connectivity index is 0. The number of hydrogen-bond donors (Lipinski definition) is 2. The molecule has 0 rings (SSSR count). The fourth-order valence-corrected chi connectivity index (χ4v) is 0. The van der Waals surface area contributed by atoms with E-state index in [4.69, 9.17) is 6.52 Å². The number of rotatable bonds is 1. The van der Waals surface area contributed by atoms with E-state index in [1.54, 1.807) is 0 Å². The smallest absolute Gasteiger partial charge is 0.342 e. The zero-order chi connectivity index (χ0) is 7.15. The molecule has 4 nitrogen and oxygen atoms in total. The van der Waals surface area contributed by atoms with Crippen LogP contribution >= 0.6 is 0 Å². The van der Waals surface area contributed by atoms with Crippen molar-refractivity contribution in [1.82, 2.24) is 6.14 Å². The lowest BCUT2D eigenvalue weighted by Crippen LogP contribution is -2.32. The minimum atomic E-state index is -1.44. The van der Waals surface area contributed by atoms with E-state index in [9.17, 15) is 9.90 Å². The molecule has 0 aliphatic rings. The Labute approximate surface area is 42.8 Å². The summed E-state index contributed by atoms with van der Waals surface area (Å²) in [6.45, 7) is 1.13. The highest BCUT2D eigenvalue weighted by atomic mass is 16.4. The molecule has 0 aromatic rings. The van der Waals surface area contributed by atoms with Crippen LogP contribution in [0.1, 0.15) is 6.92 Å². The maximum Gasteiger partial charge on any atom is 0.342 e. The summed E-state index contributed by atoms with van der Waals surface area (Å²) in [5, 5.41) is 17.3. The Kier molecular flexibility index (Phi) is 3.26. The quantitative estimate of drug-likeness (QED) is 0.427. The summed E-state index contributed by atoms with van der Waals surface area (Å²) in [7, 11) is 0. The third kappa shape index (κ3) is 5.39. The van der Waals surface area contributed by atoms with Crippen molar-refractivity contribution in [3.05, 3.63) is 0 Å². The number of aliphatic carboxylic acids is 1. The Hall–Kier alpha value is -0.610. The number of carbonyl (C=O) groups is 1. The van der Waals surface area contributed by atoms with Gasteiger partial charge in [0.25, 0.3) is 0 Å². The highest BCUT2D eigenvalue weighted by Gasteiger charge is 1.89. The highest BCUT2D eigenvalue weighted by molar-refractivity contribution is 5.68. The molecule has 0 spiro atoms. The summed E-state index contributed by atoms with van der Waals surface area (Å²) in [5.74, 6) is -1.44. The van der Waals surface area contributed by atoms with Gasteiger partial charge in [0.15, 0.2) is 0 Å². The maximum atomic E-state index is 9.34. The molecule has 4 heteroatoms. The van der Waals surface area contributed by atoms with Gasteiger partial charge in [0.1, 0.15) is 0 Å². The van der Waals surface area contributed by atoms with E-state index in [-0.39, 0.29) is 0 Å². The van der Waals surface area contributed by atoms with Crippen molar-refractivity contribution >= 4 is 5.97 Å². The second-order valence-corrected chi connectivity index (χ2v) is 0.995. The predicted molar refractivity (Wildman–Crippen MR) is 22.7 cm³/mol. The Morgan fingerprint density at radius 2 is 2.29 bits per heavy atom. The SMILES string of the molecule is CC(O)C(=O)[O-].[2H][NH3+]. The van der Waals surface area contributed by atoms with Gasteiger partial charge >= 0.3 is 1.41 Å². The molecule has 0 radical (unpaired) electrons. The van der Waals surface area contributed by atoms with E-state index in [0.29, 0.717) is 0 Å². The van der Waals surface area contributed by atoms with Crippen LogP contribution in [0.15, 0.2) is 0 Å². The topological polar surface area (TPSA) is 96.9 Å². The molecule has 1 unspecified atom stereocenters. The van der Waals surface area contributed by atoms with Gasteiger partial charge in [-0.25, -0.2) is 0 Å². The predicted octanol–water partition coefficient (Wildman–Crippen LogP) is -1.51. The zero-order valence-electron chi connectivity index (χ0n) is 5.05. The van der Waals surface area contributed by atoms with Crippen LogP contribution in [0.3, 0.4) is 0 Å². The average molecular weight is 108 g/mol. The Morgan fingerprint density at radius 3 is 2.29 bits per heavy atom. The van der Waals surface area contributed by atoms with Gasteiger partial charge in [-0.2, -0.15) is 0 Å². The summed E-state index contributed by atoms with van der Waals surface area (Å²) in [6, 6.07) is 0. The van der Waals surface area contributed by atoms with Crippen LogP contribution in [0, 0.1) is 0 Å². The maximum absolute atomic E-state index is 9.34. The molecule has 0 amide bonds. The van der Waals surface area contributed by atoms with E-state index in [2.05, 4.69) is 6.14 Å². The minimum Gasteiger partial charge on any atom is -0.547 e. The first kappa shape index (κ1) is 6.39. The number of hydrogen-bond acceptors (Lipinski definition) is 3. The number of carboxylic acids is 1. The summed E-state index contributed by atoms with van der Waals surface area (Å²) < 4.78 is 5.50. The molecular formula is C3H9NO3. The molecule has 44 valence electrons. The zero-order valence-corrected chi connectivity index (χ0v) is 4.05. The van der Waals surface area contributed by atoms with Gasteiger partial charge in [0.05, 0.1) is 12.1 Å². The van der Waals surface area contributed by atoms with Crippen molar-refractivity contribution in [3.8, 4) is 0 Å². The standard InChI is InChI=1S/C3H6O3.H3N/c1-2(4)3(5)6;/h2,4H,1H3,(H,5,6);1H3/i/hD. The average Bonchev–Trinajstić information content (AvgIpc) is 1.72. The van der Waals surface area contributed by atoms with Crippen LogP contribution in [-0.2, 0) is 4.79 Å². The van der Waals surface area contributed by atoms with Gasteiger partial charge in [0.2, 0.25) is 0 Å². The summed E-state index contributed by atoms with van der Waals surface area (Å²) in [6.07, 6.45) is 1.16. The largest absolute Gasteiger partial charge is 0.547 e. The van der Waals surface area contributed by atoms with E-state index >= 15 is 0 Å². The van der Waals surface area contributed by atoms with Crippen molar-refractivity contribution in [3.63, 3.8) is 0 Å². The van der Waals surface area contributed by atoms with Crippen molar-refractivity contribution in [2.45, 2.75) is 13.0 Å². The summed E-state index contributed by atoms with van der Waals surface area (Å²) >= 11 is 0. The van der Waals surface area contributed by atoms with E-state index in [1.165, 1.54) is 0 Å². The lowest BCUT2D eigenvalue weighted by Gasteiger charge is -2.00. The van der Waals surface area contributed by atoms with Gasteiger partial charge < -0.3 is 21.2 Å². The van der Waals surface area contributed by atoms with Gasteiger partial charge in [-0.3, -0.25) is 0 Å². The summed E-state index contributed by atoms with van der Waals surface area (Å²) in [5.41, 5.74) is 0. The number of carboxylic acid groups (broad SMARTS) is 1. The van der Waals surface area contributed by atoms with Gasteiger partial charge in [-0.05, 0) is 6.92 Å². The Bertz CT molecular complexity index is 65.5. The minimum absolute atomic E-state index is 1.13. The van der Waals surface area contributed by atoms with Crippen LogP contribution in [0.25, 0.3) is 0 Å². The van der Waals surface area contributed by atoms with Crippen molar-refractivity contribution < 1.29 is 16.4 Å². The molecule has 1 atom stereocenters. The van der Waals surface area contributed by atoms with Crippen molar-refractivity contribution in [2.75, 3.05) is 0 Å². The first-order valence-corrected chi connectivity index (χ1v) is 1.53. The summed E-state index contributed by atoms with van der Waals surface area (Å²) in [4.78, 5) is 9.34. The number of aliphatic hydroxyl groups excluding tert-OH is 1. The monoisotopic (exact) mass is 108 g/mol. The molecule has 0 aromatic heterocycles. The lowest BCUT2D eigenvalue weighted by molar-refractivity contribution is -0.314. The molecule has 5 N–H and O–H groups in total. The van der Waals surface area contributed by atoms with Crippen LogP contribution in [-0.4, -0.2) is 17.2 Å². The van der Waals surface area contributed by atoms with Crippen LogP contribution in [0.2, 0.25) is 1.41 Å². The molecular weight excluding hydrogens is 98.0 g/mol. The lowest BCUT2D eigenvalue weighted by atomic mass is 10.4. The fraction of sp³-hybridized carbons (Fsp3) is 0.667. The Morgan fingerprint density at radius 1 is 2.14 bits per heavy atom. The van der Waals surface area contributed by atoms with Crippen LogP contribution < -0.4 is 11.3 Å². The van der Waals surface area contributed by atoms with Gasteiger partial charge in [-0.1, -0.05) is 0 Å². The number of aliphatic hydroxyl groups is 1. The van der Waals surface area contributed by atoms with Crippen molar-refractivity contribution in [2.24, 2.45) is 0 Å². The third-order valence-electron chi connectivity index (χ3n) is 0.341. The number of carbonyl (C=O) groups excluding carboxylic acids is 1. The molecule has 0 aliphatic heterocycles. The second kappa shape index (κ2) is 3.58. The van der Waals surface area contributed by atoms with Gasteiger partial charge in [-0.15, -0.1) is 0 Å². The second-order valence-electron chi connectivity index (χ2n) is 0.995. The van der Waals surface area contributed by atoms with E-state index in [0.717, 1.165) is 6.92 Å². The molecule has 0 fully saturated rings. The molecule has 0 heterocycles. The van der Waals surface area contributed by atoms with E-state index < -0.39 is 12.1 Å². The molecule has 0 saturated carbocycles. The fourth-order valence-electron chi connectivity index (χ4n) is 0. The third-order valence-corrected chi connectivity index (χ3v) is 0.341. The molecule has 7 heavy (non-hydrogen) atoms. The van der Waals surface area contributed by atoms with E-state index in [1.807, 2.05) is 0 Å². The highest BCUT2D eigenvalue weighted by Crippen LogP contribution is 1.69. The first-order chi connectivity index (χ1) is 3.64.